The number of hydrogen-bond donors (Lipinski definition) is 1. The van der Waals surface area contributed by atoms with E-state index in [-0.39, 0.29) is 17.2 Å². The average molecular weight is 337 g/mol. The van der Waals surface area contributed by atoms with Crippen molar-refractivity contribution >= 4 is 23.3 Å². The molecule has 0 spiro atoms. The minimum atomic E-state index is -0.983. The minimum absolute atomic E-state index is 0.0239. The third-order valence-corrected chi connectivity index (χ3v) is 3.23. The fraction of sp³-hybridized carbons (Fsp3) is 0.500. The third kappa shape index (κ3) is 5.22. The van der Waals surface area contributed by atoms with Crippen molar-refractivity contribution in [2.24, 2.45) is 5.92 Å². The van der Waals surface area contributed by atoms with Crippen molar-refractivity contribution in [3.63, 3.8) is 0 Å². The molecule has 0 aromatic heterocycles. The third-order valence-electron chi connectivity index (χ3n) is 3.23. The molecule has 8 nitrogen and oxygen atoms in total. The minimum Gasteiger partial charge on any atom is -0.449 e. The topological polar surface area (TPSA) is 102 Å². The van der Waals surface area contributed by atoms with Crippen LogP contribution in [0.25, 0.3) is 0 Å². The van der Waals surface area contributed by atoms with Gasteiger partial charge in [0, 0.05) is 26.7 Å². The molecule has 0 bridgehead atoms. The quantitative estimate of drug-likeness (QED) is 0.464. The number of nitro benzene ring substituents is 1. The van der Waals surface area contributed by atoms with E-state index in [1.54, 1.807) is 19.0 Å². The Kier molecular flexibility index (Phi) is 6.69. The fourth-order valence-electron chi connectivity index (χ4n) is 1.91. The highest BCUT2D eigenvalue weighted by Gasteiger charge is 2.22. The molecule has 0 saturated heterocycles. The Balaban J connectivity index is 2.86. The summed E-state index contributed by atoms with van der Waals surface area (Å²) in [5.41, 5.74) is 0.196. The van der Waals surface area contributed by atoms with Crippen molar-refractivity contribution in [3.8, 4) is 0 Å². The number of benzene rings is 1. The fourth-order valence-corrected chi connectivity index (χ4v) is 1.91. The Morgan fingerprint density at radius 2 is 1.92 bits per heavy atom. The highest BCUT2D eigenvalue weighted by atomic mass is 16.6. The molecule has 0 heterocycles. The molecular formula is C16H23N3O5. The second kappa shape index (κ2) is 8.28. The second-order valence-corrected chi connectivity index (χ2v) is 6.04. The molecule has 0 radical (unpaired) electrons. The van der Waals surface area contributed by atoms with Crippen molar-refractivity contribution < 1.29 is 19.2 Å². The first-order valence-electron chi connectivity index (χ1n) is 7.58. The van der Waals surface area contributed by atoms with Crippen molar-refractivity contribution in [2.75, 3.05) is 25.5 Å². The number of nitrogens with one attached hydrogen (secondary N) is 1. The van der Waals surface area contributed by atoms with E-state index in [1.165, 1.54) is 19.1 Å². The van der Waals surface area contributed by atoms with Crippen LogP contribution < -0.4 is 10.2 Å². The van der Waals surface area contributed by atoms with Crippen LogP contribution in [0, 0.1) is 16.0 Å². The van der Waals surface area contributed by atoms with Gasteiger partial charge in [0.1, 0.15) is 5.69 Å². The molecule has 0 aliphatic heterocycles. The van der Waals surface area contributed by atoms with Crippen LogP contribution in [0.15, 0.2) is 18.2 Å². The molecule has 1 aromatic carbocycles. The zero-order chi connectivity index (χ0) is 18.4. The van der Waals surface area contributed by atoms with E-state index in [0.717, 1.165) is 6.07 Å². The van der Waals surface area contributed by atoms with E-state index in [9.17, 15) is 19.7 Å². The predicted octanol–water partition coefficient (Wildman–Crippen LogP) is 1.98. The first kappa shape index (κ1) is 19.4. The number of esters is 1. The van der Waals surface area contributed by atoms with Crippen LogP contribution in [0.4, 0.5) is 11.4 Å². The van der Waals surface area contributed by atoms with Gasteiger partial charge in [-0.15, -0.1) is 0 Å². The van der Waals surface area contributed by atoms with Crippen LogP contribution in [0.5, 0.6) is 0 Å². The second-order valence-electron chi connectivity index (χ2n) is 6.04. The summed E-state index contributed by atoms with van der Waals surface area (Å²) >= 11 is 0. The summed E-state index contributed by atoms with van der Waals surface area (Å²) in [7, 11) is 3.34. The molecule has 1 atom stereocenters. The summed E-state index contributed by atoms with van der Waals surface area (Å²) < 4.78 is 5.08. The number of carbonyl (C=O) groups excluding carboxylic acids is 2. The van der Waals surface area contributed by atoms with Crippen LogP contribution in [0.1, 0.15) is 31.1 Å². The number of nitro groups is 1. The normalized spacial score (nSPS) is 11.8. The van der Waals surface area contributed by atoms with Gasteiger partial charge in [-0.1, -0.05) is 13.8 Å². The smallest absolute Gasteiger partial charge is 0.339 e. The molecule has 0 aliphatic carbocycles. The average Bonchev–Trinajstić information content (AvgIpc) is 2.51. The lowest BCUT2D eigenvalue weighted by atomic mass is 10.1. The van der Waals surface area contributed by atoms with E-state index < -0.39 is 22.9 Å². The number of anilines is 1. The molecule has 24 heavy (non-hydrogen) atoms. The predicted molar refractivity (Wildman–Crippen MR) is 90.1 cm³/mol. The Bertz CT molecular complexity index is 628. The van der Waals surface area contributed by atoms with Gasteiger partial charge in [0.25, 0.3) is 11.6 Å². The molecule has 1 rings (SSSR count). The summed E-state index contributed by atoms with van der Waals surface area (Å²) in [5, 5.41) is 13.8. The van der Waals surface area contributed by atoms with Gasteiger partial charge in [-0.25, -0.2) is 4.79 Å². The lowest BCUT2D eigenvalue weighted by Crippen LogP contribution is -2.37. The van der Waals surface area contributed by atoms with Crippen LogP contribution in [-0.4, -0.2) is 43.5 Å². The largest absolute Gasteiger partial charge is 0.449 e. The van der Waals surface area contributed by atoms with E-state index in [1.807, 2.05) is 13.8 Å². The SMILES string of the molecule is CC(C)CNC(=O)C(C)OC(=O)c1ccc(N(C)C)c([N+](=O)[O-])c1. The van der Waals surface area contributed by atoms with Gasteiger partial charge in [-0.3, -0.25) is 14.9 Å². The molecule has 0 saturated carbocycles. The number of hydrogen-bond acceptors (Lipinski definition) is 6. The van der Waals surface area contributed by atoms with E-state index in [2.05, 4.69) is 5.32 Å². The van der Waals surface area contributed by atoms with Crippen LogP contribution in [-0.2, 0) is 9.53 Å². The van der Waals surface area contributed by atoms with Crippen LogP contribution >= 0.6 is 0 Å². The van der Waals surface area contributed by atoms with Gasteiger partial charge in [-0.05, 0) is 25.0 Å². The van der Waals surface area contributed by atoms with Crippen LogP contribution in [0.3, 0.4) is 0 Å². The summed E-state index contributed by atoms with van der Waals surface area (Å²) in [5.74, 6) is -0.912. The Morgan fingerprint density at radius 1 is 1.29 bits per heavy atom. The first-order valence-corrected chi connectivity index (χ1v) is 7.58. The summed E-state index contributed by atoms with van der Waals surface area (Å²) in [6.07, 6.45) is -0.983. The molecule has 1 amide bonds. The molecule has 1 unspecified atom stereocenters. The molecule has 8 heteroatoms. The van der Waals surface area contributed by atoms with Crippen molar-refractivity contribution in [1.82, 2.24) is 5.32 Å². The maximum absolute atomic E-state index is 12.1. The molecule has 1 aromatic rings. The van der Waals surface area contributed by atoms with Gasteiger partial charge < -0.3 is 15.0 Å². The molecular weight excluding hydrogens is 314 g/mol. The highest BCUT2D eigenvalue weighted by Crippen LogP contribution is 2.28. The number of nitrogens with zero attached hydrogens (tertiary/aromatic N) is 2. The number of amides is 1. The molecule has 0 aliphatic rings. The van der Waals surface area contributed by atoms with E-state index >= 15 is 0 Å². The van der Waals surface area contributed by atoms with Gasteiger partial charge in [0.2, 0.25) is 0 Å². The Labute approximate surface area is 140 Å². The summed E-state index contributed by atoms with van der Waals surface area (Å²) in [6.45, 7) is 5.82. The van der Waals surface area contributed by atoms with Crippen LogP contribution in [0.2, 0.25) is 0 Å². The Morgan fingerprint density at radius 3 is 2.42 bits per heavy atom. The lowest BCUT2D eigenvalue weighted by Gasteiger charge is -2.16. The standard InChI is InChI=1S/C16H23N3O5/c1-10(2)9-17-15(20)11(3)24-16(21)12-6-7-13(18(4)5)14(8-12)19(22)23/h6-8,10-11H,9H2,1-5H3,(H,17,20). The van der Waals surface area contributed by atoms with Crippen molar-refractivity contribution in [3.05, 3.63) is 33.9 Å². The van der Waals surface area contributed by atoms with Gasteiger partial charge in [-0.2, -0.15) is 0 Å². The monoisotopic (exact) mass is 337 g/mol. The van der Waals surface area contributed by atoms with Gasteiger partial charge >= 0.3 is 5.97 Å². The maximum atomic E-state index is 12.1. The first-order chi connectivity index (χ1) is 11.1. The maximum Gasteiger partial charge on any atom is 0.339 e. The zero-order valence-electron chi connectivity index (χ0n) is 14.5. The molecule has 132 valence electrons. The Hall–Kier alpha value is -2.64. The summed E-state index contributed by atoms with van der Waals surface area (Å²) in [4.78, 5) is 36.1. The van der Waals surface area contributed by atoms with Gasteiger partial charge in [0.05, 0.1) is 10.5 Å². The molecule has 0 fully saturated rings. The van der Waals surface area contributed by atoms with Crippen molar-refractivity contribution in [2.45, 2.75) is 26.9 Å². The lowest BCUT2D eigenvalue weighted by molar-refractivity contribution is -0.384. The van der Waals surface area contributed by atoms with E-state index in [0.29, 0.717) is 12.2 Å². The number of rotatable bonds is 7. The highest BCUT2D eigenvalue weighted by molar-refractivity contribution is 5.93. The van der Waals surface area contributed by atoms with Gasteiger partial charge in [0.15, 0.2) is 6.10 Å². The van der Waals surface area contributed by atoms with E-state index in [4.69, 9.17) is 4.74 Å². The van der Waals surface area contributed by atoms with Crippen molar-refractivity contribution in [1.29, 1.82) is 0 Å². The molecule has 1 N–H and O–H groups in total. The number of carbonyl (C=O) groups is 2. The number of ether oxygens (including phenoxy) is 1. The zero-order valence-corrected chi connectivity index (χ0v) is 14.5. The summed E-state index contributed by atoms with van der Waals surface area (Å²) in [6, 6.07) is 4.05.